The van der Waals surface area contributed by atoms with Gasteiger partial charge in [-0.25, -0.2) is 0 Å². The molecule has 4 aromatic carbocycles. The van der Waals surface area contributed by atoms with Crippen LogP contribution in [-0.4, -0.2) is 11.6 Å². The molecule has 2 nitrogen and oxygen atoms in total. The van der Waals surface area contributed by atoms with Crippen molar-refractivity contribution in [3.63, 3.8) is 0 Å². The third-order valence-electron chi connectivity index (χ3n) is 8.84. The van der Waals surface area contributed by atoms with E-state index in [-0.39, 0.29) is 11.6 Å². The molecule has 35 heavy (non-hydrogen) atoms. The molecule has 4 aliphatic rings. The molecule has 168 valence electrons. The predicted molar refractivity (Wildman–Crippen MR) is 137 cm³/mol. The van der Waals surface area contributed by atoms with Gasteiger partial charge in [-0.05, 0) is 93.5 Å². The van der Waals surface area contributed by atoms with E-state index in [1.54, 1.807) is 0 Å². The van der Waals surface area contributed by atoms with Gasteiger partial charge in [-0.3, -0.25) is 9.59 Å². The van der Waals surface area contributed by atoms with E-state index < -0.39 is 5.41 Å². The minimum atomic E-state index is -0.414. The van der Waals surface area contributed by atoms with Gasteiger partial charge in [0, 0.05) is 24.0 Å². The zero-order valence-corrected chi connectivity index (χ0v) is 19.5. The van der Waals surface area contributed by atoms with E-state index in [1.807, 2.05) is 0 Å². The number of carbonyl (C=O) groups excluding carboxylic acids is 2. The molecule has 0 saturated heterocycles. The summed E-state index contributed by atoms with van der Waals surface area (Å²) >= 11 is 0. The predicted octanol–water partition coefficient (Wildman–Crippen LogP) is 7.07. The van der Waals surface area contributed by atoms with E-state index in [0.717, 1.165) is 36.8 Å². The van der Waals surface area contributed by atoms with Gasteiger partial charge < -0.3 is 0 Å². The van der Waals surface area contributed by atoms with Crippen molar-refractivity contribution in [1.29, 1.82) is 0 Å². The lowest BCUT2D eigenvalue weighted by Gasteiger charge is -2.32. The van der Waals surface area contributed by atoms with Crippen molar-refractivity contribution in [2.24, 2.45) is 0 Å². The third-order valence-corrected chi connectivity index (χ3v) is 8.84. The molecule has 1 spiro atoms. The first kappa shape index (κ1) is 19.5. The van der Waals surface area contributed by atoms with Crippen LogP contribution in [0.3, 0.4) is 0 Å². The van der Waals surface area contributed by atoms with Crippen LogP contribution in [0, 0.1) is 0 Å². The van der Waals surface area contributed by atoms with Crippen LogP contribution in [0.2, 0.25) is 0 Å². The fourth-order valence-corrected chi connectivity index (χ4v) is 7.40. The largest absolute Gasteiger partial charge is 0.294 e. The molecule has 4 aromatic rings. The standard InChI is InChI=1S/C33H24O2/c34-31-13-5-7-19-15-29-25(17-23(19)31)21-9-1-3-11-27(21)33(29)28-12-4-2-10-22(28)26-18-24-20(16-30(26)33)8-6-14-32(24)35/h1-4,9-12,15-18H,5-8,13-14H2. The van der Waals surface area contributed by atoms with Crippen LogP contribution >= 0.6 is 0 Å². The van der Waals surface area contributed by atoms with Crippen molar-refractivity contribution in [1.82, 2.24) is 0 Å². The molecular formula is C33H24O2. The summed E-state index contributed by atoms with van der Waals surface area (Å²) in [6.07, 6.45) is 5.04. The molecule has 0 heterocycles. The highest BCUT2D eigenvalue weighted by Gasteiger charge is 2.52. The van der Waals surface area contributed by atoms with Gasteiger partial charge in [-0.2, -0.15) is 0 Å². The van der Waals surface area contributed by atoms with Crippen LogP contribution in [-0.2, 0) is 18.3 Å². The number of rotatable bonds is 0. The van der Waals surface area contributed by atoms with E-state index in [0.29, 0.717) is 12.8 Å². The second-order valence-corrected chi connectivity index (χ2v) is 10.5. The number of Topliss-reactive ketones (excluding diaryl/α,β-unsaturated/α-hetero) is 2. The van der Waals surface area contributed by atoms with Gasteiger partial charge in [0.05, 0.1) is 5.41 Å². The summed E-state index contributed by atoms with van der Waals surface area (Å²) in [7, 11) is 0. The van der Waals surface area contributed by atoms with Gasteiger partial charge >= 0.3 is 0 Å². The Morgan fingerprint density at radius 2 is 0.914 bits per heavy atom. The first-order valence-electron chi connectivity index (χ1n) is 12.8. The maximum atomic E-state index is 12.9. The number of hydrogen-bond donors (Lipinski definition) is 0. The van der Waals surface area contributed by atoms with E-state index in [4.69, 9.17) is 0 Å². The number of carbonyl (C=O) groups is 2. The summed E-state index contributed by atoms with van der Waals surface area (Å²) in [6, 6.07) is 26.5. The molecule has 0 aromatic heterocycles. The molecule has 0 radical (unpaired) electrons. The van der Waals surface area contributed by atoms with E-state index in [2.05, 4.69) is 72.8 Å². The van der Waals surface area contributed by atoms with Crippen LogP contribution in [0.15, 0.2) is 72.8 Å². The van der Waals surface area contributed by atoms with Gasteiger partial charge in [-0.1, -0.05) is 60.7 Å². The highest BCUT2D eigenvalue weighted by atomic mass is 16.1. The maximum absolute atomic E-state index is 12.9. The van der Waals surface area contributed by atoms with Crippen LogP contribution in [0.1, 0.15) is 79.8 Å². The zero-order chi connectivity index (χ0) is 23.3. The molecule has 0 atom stereocenters. The highest BCUT2D eigenvalue weighted by Crippen LogP contribution is 2.63. The number of aryl methyl sites for hydroxylation is 2. The average Bonchev–Trinajstić information content (AvgIpc) is 3.34. The lowest BCUT2D eigenvalue weighted by Crippen LogP contribution is -2.27. The topological polar surface area (TPSA) is 34.1 Å². The van der Waals surface area contributed by atoms with Crippen LogP contribution in [0.4, 0.5) is 0 Å². The quantitative estimate of drug-likeness (QED) is 0.247. The maximum Gasteiger partial charge on any atom is 0.163 e. The lowest BCUT2D eigenvalue weighted by molar-refractivity contribution is 0.0964. The number of fused-ring (bicyclic) bond motifs is 12. The van der Waals surface area contributed by atoms with Gasteiger partial charge in [-0.15, -0.1) is 0 Å². The number of ketones is 2. The first-order chi connectivity index (χ1) is 17.2. The van der Waals surface area contributed by atoms with Crippen molar-refractivity contribution in [2.45, 2.75) is 43.9 Å². The summed E-state index contributed by atoms with van der Waals surface area (Å²) in [5.41, 5.74) is 13.8. The lowest BCUT2D eigenvalue weighted by atomic mass is 9.69. The molecule has 0 saturated carbocycles. The Kier molecular flexibility index (Phi) is 3.72. The van der Waals surface area contributed by atoms with Crippen molar-refractivity contribution >= 4 is 11.6 Å². The summed E-state index contributed by atoms with van der Waals surface area (Å²) < 4.78 is 0. The second kappa shape index (κ2) is 6.66. The average molecular weight is 453 g/mol. The summed E-state index contributed by atoms with van der Waals surface area (Å²) in [4.78, 5) is 25.7. The van der Waals surface area contributed by atoms with E-state index in [1.165, 1.54) is 55.6 Å². The molecule has 8 rings (SSSR count). The summed E-state index contributed by atoms with van der Waals surface area (Å²) in [6.45, 7) is 0. The third kappa shape index (κ3) is 2.30. The zero-order valence-electron chi connectivity index (χ0n) is 19.5. The molecule has 0 aliphatic heterocycles. The minimum Gasteiger partial charge on any atom is -0.294 e. The molecule has 0 amide bonds. The molecule has 0 fully saturated rings. The van der Waals surface area contributed by atoms with Crippen molar-refractivity contribution < 1.29 is 9.59 Å². The monoisotopic (exact) mass is 452 g/mol. The Bertz CT molecular complexity index is 1510. The Morgan fingerprint density at radius 3 is 1.40 bits per heavy atom. The number of hydrogen-bond acceptors (Lipinski definition) is 2. The highest BCUT2D eigenvalue weighted by molar-refractivity contribution is 6.04. The Balaban J connectivity index is 1.54. The fourth-order valence-electron chi connectivity index (χ4n) is 7.40. The van der Waals surface area contributed by atoms with Crippen molar-refractivity contribution in [2.75, 3.05) is 0 Å². The molecule has 4 aliphatic carbocycles. The Hall–Kier alpha value is -3.78. The Morgan fingerprint density at radius 1 is 0.457 bits per heavy atom. The van der Waals surface area contributed by atoms with Gasteiger partial charge in [0.25, 0.3) is 0 Å². The molecule has 0 bridgehead atoms. The smallest absolute Gasteiger partial charge is 0.163 e. The minimum absolute atomic E-state index is 0.271. The molecule has 0 unspecified atom stereocenters. The van der Waals surface area contributed by atoms with Crippen molar-refractivity contribution in [3.05, 3.63) is 117 Å². The molecular weight excluding hydrogens is 428 g/mol. The summed E-state index contributed by atoms with van der Waals surface area (Å²) in [5.74, 6) is 0.541. The normalized spacial score (nSPS) is 17.9. The van der Waals surface area contributed by atoms with Gasteiger partial charge in [0.1, 0.15) is 0 Å². The van der Waals surface area contributed by atoms with E-state index >= 15 is 0 Å². The van der Waals surface area contributed by atoms with E-state index in [9.17, 15) is 9.59 Å². The SMILES string of the molecule is O=C1CCCc2cc3c(cc21)-c1ccccc1C31c2ccccc2-c2cc3c(cc21)CCCC3=O. The van der Waals surface area contributed by atoms with Crippen LogP contribution in [0.5, 0.6) is 0 Å². The van der Waals surface area contributed by atoms with Gasteiger partial charge in [0.15, 0.2) is 11.6 Å². The first-order valence-corrected chi connectivity index (χ1v) is 12.8. The summed E-state index contributed by atoms with van der Waals surface area (Å²) in [5, 5.41) is 0. The van der Waals surface area contributed by atoms with Crippen LogP contribution in [0.25, 0.3) is 22.3 Å². The van der Waals surface area contributed by atoms with Gasteiger partial charge in [0.2, 0.25) is 0 Å². The number of benzene rings is 4. The molecule has 0 N–H and O–H groups in total. The van der Waals surface area contributed by atoms with Crippen molar-refractivity contribution in [3.8, 4) is 22.3 Å². The fraction of sp³-hybridized carbons (Fsp3) is 0.212. The molecule has 2 heteroatoms. The Labute approximate surface area is 204 Å². The van der Waals surface area contributed by atoms with Crippen LogP contribution < -0.4 is 0 Å². The second-order valence-electron chi connectivity index (χ2n) is 10.5.